The molecule has 1 aromatic heterocycles. The van der Waals surface area contributed by atoms with Crippen LogP contribution >= 0.6 is 27.5 Å². The molecule has 6 nitrogen and oxygen atoms in total. The summed E-state index contributed by atoms with van der Waals surface area (Å²) < 4.78 is 0.653. The maximum absolute atomic E-state index is 11.0. The molecule has 0 aliphatic rings. The zero-order valence-electron chi connectivity index (χ0n) is 15.9. The van der Waals surface area contributed by atoms with Crippen molar-refractivity contribution >= 4 is 33.2 Å². The second kappa shape index (κ2) is 12.5. The fourth-order valence-corrected chi connectivity index (χ4v) is 3.58. The Morgan fingerprint density at radius 3 is 2.20 bits per heavy atom. The standard InChI is InChI=1S/C20H18BrClN4O2.2BrH/c1-23-12-2-3-17-24-19(14-4-8-15(22)9-5-14)18(20(21)25-17)13-6-10-16(11-7-13)26(27)28;;/h4-11,23H,2-3,12H2,1H3;2*1H/p-2. The van der Waals surface area contributed by atoms with Gasteiger partial charge in [0.25, 0.3) is 5.69 Å². The lowest BCUT2D eigenvalue weighted by Crippen LogP contribution is -3.00. The van der Waals surface area contributed by atoms with E-state index in [0.717, 1.165) is 47.6 Å². The number of aromatic nitrogens is 2. The highest BCUT2D eigenvalue weighted by molar-refractivity contribution is 9.10. The molecule has 10 heteroatoms. The molecular formula is C20H18Br3ClN4O2-2. The van der Waals surface area contributed by atoms with Gasteiger partial charge in [-0.3, -0.25) is 10.1 Å². The van der Waals surface area contributed by atoms with Gasteiger partial charge in [-0.15, -0.1) is 0 Å². The summed E-state index contributed by atoms with van der Waals surface area (Å²) in [7, 11) is 1.91. The largest absolute Gasteiger partial charge is 1.00 e. The van der Waals surface area contributed by atoms with E-state index in [1.54, 1.807) is 12.1 Å². The van der Waals surface area contributed by atoms with Gasteiger partial charge in [-0.1, -0.05) is 23.7 Å². The Kier molecular flexibility index (Phi) is 11.1. The SMILES string of the molecule is CNCCCc1nc(Br)c(-c2ccc([N+](=O)[O-])cc2)c(-c2ccc(Cl)cc2)n1.[Br-].[Br-]. The highest BCUT2D eigenvalue weighted by atomic mass is 79.9. The van der Waals surface area contributed by atoms with E-state index in [2.05, 4.69) is 26.2 Å². The monoisotopic (exact) mass is 618 g/mol. The molecule has 3 aromatic rings. The predicted molar refractivity (Wildman–Crippen MR) is 115 cm³/mol. The van der Waals surface area contributed by atoms with Crippen molar-refractivity contribution < 1.29 is 38.9 Å². The summed E-state index contributed by atoms with van der Waals surface area (Å²) in [4.78, 5) is 19.9. The lowest BCUT2D eigenvalue weighted by atomic mass is 10.0. The van der Waals surface area contributed by atoms with E-state index < -0.39 is 4.92 Å². The van der Waals surface area contributed by atoms with Gasteiger partial charge in [0.15, 0.2) is 0 Å². The molecule has 160 valence electrons. The molecule has 0 radical (unpaired) electrons. The van der Waals surface area contributed by atoms with E-state index in [0.29, 0.717) is 9.63 Å². The first kappa shape index (κ1) is 26.6. The number of nitro benzene ring substituents is 1. The Labute approximate surface area is 209 Å². The summed E-state index contributed by atoms with van der Waals surface area (Å²) in [6.45, 7) is 0.876. The zero-order valence-corrected chi connectivity index (χ0v) is 21.4. The Morgan fingerprint density at radius 1 is 1.03 bits per heavy atom. The van der Waals surface area contributed by atoms with E-state index in [4.69, 9.17) is 16.6 Å². The average Bonchev–Trinajstić information content (AvgIpc) is 2.68. The Bertz CT molecular complexity index is 987. The molecule has 0 unspecified atom stereocenters. The van der Waals surface area contributed by atoms with Gasteiger partial charge < -0.3 is 39.3 Å². The molecule has 1 heterocycles. The fourth-order valence-electron chi connectivity index (χ4n) is 2.83. The van der Waals surface area contributed by atoms with Gasteiger partial charge >= 0.3 is 0 Å². The van der Waals surface area contributed by atoms with E-state index in [1.807, 2.05) is 31.3 Å². The molecule has 0 atom stereocenters. The van der Waals surface area contributed by atoms with Gasteiger partial charge in [0.1, 0.15) is 10.4 Å². The van der Waals surface area contributed by atoms with Crippen molar-refractivity contribution in [3.8, 4) is 22.4 Å². The van der Waals surface area contributed by atoms with Crippen LogP contribution < -0.4 is 39.3 Å². The van der Waals surface area contributed by atoms with Crippen LogP contribution in [0, 0.1) is 10.1 Å². The third-order valence-electron chi connectivity index (χ3n) is 4.22. The second-order valence-electron chi connectivity index (χ2n) is 6.17. The van der Waals surface area contributed by atoms with Crippen molar-refractivity contribution in [3.05, 3.63) is 74.1 Å². The van der Waals surface area contributed by atoms with Crippen molar-refractivity contribution in [1.82, 2.24) is 15.3 Å². The normalized spacial score (nSPS) is 10.1. The predicted octanol–water partition coefficient (Wildman–Crippen LogP) is -0.705. The van der Waals surface area contributed by atoms with Crippen molar-refractivity contribution in [2.45, 2.75) is 12.8 Å². The minimum atomic E-state index is -0.416. The second-order valence-corrected chi connectivity index (χ2v) is 7.36. The third-order valence-corrected chi connectivity index (χ3v) is 5.05. The van der Waals surface area contributed by atoms with Crippen molar-refractivity contribution in [2.24, 2.45) is 0 Å². The Morgan fingerprint density at radius 2 is 1.63 bits per heavy atom. The summed E-state index contributed by atoms with van der Waals surface area (Å²) in [5, 5.41) is 14.7. The first-order valence-electron chi connectivity index (χ1n) is 8.71. The number of benzene rings is 2. The molecule has 0 saturated heterocycles. The van der Waals surface area contributed by atoms with Crippen LogP contribution in [0.1, 0.15) is 12.2 Å². The lowest BCUT2D eigenvalue weighted by Gasteiger charge is -2.13. The van der Waals surface area contributed by atoms with Crippen LogP contribution in [0.3, 0.4) is 0 Å². The van der Waals surface area contributed by atoms with Gasteiger partial charge in [-0.25, -0.2) is 9.97 Å². The zero-order chi connectivity index (χ0) is 20.1. The number of hydrogen-bond acceptors (Lipinski definition) is 5. The minimum Gasteiger partial charge on any atom is -1.00 e. The van der Waals surface area contributed by atoms with Crippen molar-refractivity contribution in [2.75, 3.05) is 13.6 Å². The van der Waals surface area contributed by atoms with Crippen LogP contribution in [0.5, 0.6) is 0 Å². The Balaban J connectivity index is 0.00000225. The smallest absolute Gasteiger partial charge is 0.269 e. The highest BCUT2D eigenvalue weighted by Gasteiger charge is 2.17. The van der Waals surface area contributed by atoms with Crippen molar-refractivity contribution in [3.63, 3.8) is 0 Å². The van der Waals surface area contributed by atoms with Crippen molar-refractivity contribution in [1.29, 1.82) is 0 Å². The summed E-state index contributed by atoms with van der Waals surface area (Å²) in [5.41, 5.74) is 3.28. The van der Waals surface area contributed by atoms with Gasteiger partial charge in [-0.05, 0) is 65.8 Å². The molecular weight excluding hydrogens is 603 g/mol. The molecule has 0 fully saturated rings. The molecule has 3 rings (SSSR count). The third kappa shape index (κ3) is 6.55. The highest BCUT2D eigenvalue weighted by Crippen LogP contribution is 2.36. The summed E-state index contributed by atoms with van der Waals surface area (Å²) in [5.74, 6) is 0.734. The number of non-ortho nitro benzene ring substituents is 1. The van der Waals surface area contributed by atoms with Crippen LogP contribution in [-0.2, 0) is 6.42 Å². The quantitative estimate of drug-likeness (QED) is 0.163. The molecule has 0 amide bonds. The minimum absolute atomic E-state index is 0. The molecule has 0 aliphatic heterocycles. The number of aryl methyl sites for hydroxylation is 1. The molecule has 0 spiro atoms. The summed E-state index contributed by atoms with van der Waals surface area (Å²) in [6.07, 6.45) is 1.65. The molecule has 30 heavy (non-hydrogen) atoms. The summed E-state index contributed by atoms with van der Waals surface area (Å²) in [6, 6.07) is 13.8. The number of nitrogens with zero attached hydrogens (tertiary/aromatic N) is 3. The van der Waals surface area contributed by atoms with Crippen LogP contribution in [-0.4, -0.2) is 28.5 Å². The maximum atomic E-state index is 11.0. The molecule has 0 aliphatic carbocycles. The fraction of sp³-hybridized carbons (Fsp3) is 0.200. The van der Waals surface area contributed by atoms with Gasteiger partial charge in [0.05, 0.1) is 10.6 Å². The van der Waals surface area contributed by atoms with Gasteiger partial charge in [0, 0.05) is 34.7 Å². The van der Waals surface area contributed by atoms with Crippen LogP contribution in [0.2, 0.25) is 5.02 Å². The summed E-state index contributed by atoms with van der Waals surface area (Å²) >= 11 is 9.61. The molecule has 1 N–H and O–H groups in total. The molecule has 0 saturated carbocycles. The van der Waals surface area contributed by atoms with E-state index in [-0.39, 0.29) is 39.7 Å². The van der Waals surface area contributed by atoms with E-state index in [1.165, 1.54) is 12.1 Å². The maximum Gasteiger partial charge on any atom is 0.269 e. The number of nitro groups is 1. The Hall–Kier alpha value is -1.39. The molecule has 0 bridgehead atoms. The first-order valence-corrected chi connectivity index (χ1v) is 9.88. The van der Waals surface area contributed by atoms with Gasteiger partial charge in [0.2, 0.25) is 0 Å². The van der Waals surface area contributed by atoms with Gasteiger partial charge in [-0.2, -0.15) is 0 Å². The lowest BCUT2D eigenvalue weighted by molar-refractivity contribution is -0.384. The first-order chi connectivity index (χ1) is 13.5. The van der Waals surface area contributed by atoms with Crippen LogP contribution in [0.25, 0.3) is 22.4 Å². The number of halogens is 4. The average molecular weight is 622 g/mol. The number of rotatable bonds is 7. The topological polar surface area (TPSA) is 81.0 Å². The number of nitrogens with one attached hydrogen (secondary N) is 1. The number of hydrogen-bond donors (Lipinski definition) is 1. The van der Waals surface area contributed by atoms with Crippen LogP contribution in [0.15, 0.2) is 53.1 Å². The molecule has 2 aromatic carbocycles. The van der Waals surface area contributed by atoms with E-state index >= 15 is 0 Å². The van der Waals surface area contributed by atoms with Crippen LogP contribution in [0.4, 0.5) is 5.69 Å². The van der Waals surface area contributed by atoms with E-state index in [9.17, 15) is 10.1 Å².